The fourth-order valence-corrected chi connectivity index (χ4v) is 1.42. The molecule has 7 nitrogen and oxygen atoms in total. The van der Waals surface area contributed by atoms with Crippen LogP contribution in [-0.4, -0.2) is 36.2 Å². The number of benzene rings is 1. The van der Waals surface area contributed by atoms with Gasteiger partial charge in [0.25, 0.3) is 5.91 Å². The minimum absolute atomic E-state index is 0.0461. The van der Waals surface area contributed by atoms with E-state index in [0.717, 1.165) is 5.56 Å². The molecule has 1 rings (SSSR count). The molecule has 0 saturated carbocycles. The van der Waals surface area contributed by atoms with E-state index in [-0.39, 0.29) is 11.3 Å². The summed E-state index contributed by atoms with van der Waals surface area (Å²) in [5, 5.41) is 13.3. The average molecular weight is 280 g/mol. The van der Waals surface area contributed by atoms with Gasteiger partial charge in [-0.1, -0.05) is 6.07 Å². The first-order chi connectivity index (χ1) is 9.35. The molecule has 108 valence electrons. The standard InChI is InChI=1S/C13H16N2O5/c1-7-4-5-9(12(17)18)10(6-7)20-8(2)11(16)15-13(19)14-3/h4-6,8H,1-3H3,(H,17,18)(H2,14,15,16,19). The van der Waals surface area contributed by atoms with Gasteiger partial charge in [-0.25, -0.2) is 9.59 Å². The molecule has 3 amide bonds. The Bertz CT molecular complexity index is 542. The lowest BCUT2D eigenvalue weighted by Crippen LogP contribution is -2.44. The van der Waals surface area contributed by atoms with Crippen LogP contribution in [0.1, 0.15) is 22.8 Å². The van der Waals surface area contributed by atoms with Crippen LogP contribution in [0.5, 0.6) is 5.75 Å². The van der Waals surface area contributed by atoms with Crippen LogP contribution in [0.4, 0.5) is 4.79 Å². The summed E-state index contributed by atoms with van der Waals surface area (Å²) in [6.07, 6.45) is -1.01. The number of carbonyl (C=O) groups is 3. The number of rotatable bonds is 4. The number of hydrogen-bond donors (Lipinski definition) is 3. The second-order valence-corrected chi connectivity index (χ2v) is 4.13. The van der Waals surface area contributed by atoms with E-state index in [1.54, 1.807) is 13.0 Å². The van der Waals surface area contributed by atoms with Crippen LogP contribution in [0.25, 0.3) is 0 Å². The van der Waals surface area contributed by atoms with Gasteiger partial charge >= 0.3 is 12.0 Å². The molecule has 0 fully saturated rings. The van der Waals surface area contributed by atoms with Crippen molar-refractivity contribution in [3.8, 4) is 5.75 Å². The van der Waals surface area contributed by atoms with Crippen LogP contribution in [0.2, 0.25) is 0 Å². The fourth-order valence-electron chi connectivity index (χ4n) is 1.42. The number of amides is 3. The molecular weight excluding hydrogens is 264 g/mol. The van der Waals surface area contributed by atoms with Gasteiger partial charge in [-0.3, -0.25) is 10.1 Å². The smallest absolute Gasteiger partial charge is 0.339 e. The molecule has 1 atom stereocenters. The predicted molar refractivity (Wildman–Crippen MR) is 70.8 cm³/mol. The summed E-state index contributed by atoms with van der Waals surface area (Å²) in [5.41, 5.74) is 0.749. The van der Waals surface area contributed by atoms with Gasteiger partial charge in [0, 0.05) is 7.05 Å². The third-order valence-electron chi connectivity index (χ3n) is 2.50. The van der Waals surface area contributed by atoms with E-state index < -0.39 is 24.0 Å². The highest BCUT2D eigenvalue weighted by Gasteiger charge is 2.20. The monoisotopic (exact) mass is 280 g/mol. The Morgan fingerprint density at radius 1 is 1.30 bits per heavy atom. The zero-order valence-corrected chi connectivity index (χ0v) is 11.4. The topological polar surface area (TPSA) is 105 Å². The summed E-state index contributed by atoms with van der Waals surface area (Å²) in [5.74, 6) is -1.74. The van der Waals surface area contributed by atoms with Crippen molar-refractivity contribution >= 4 is 17.9 Å². The van der Waals surface area contributed by atoms with Crippen molar-refractivity contribution in [2.45, 2.75) is 20.0 Å². The molecule has 0 aliphatic heterocycles. The Labute approximate surface area is 115 Å². The molecule has 20 heavy (non-hydrogen) atoms. The van der Waals surface area contributed by atoms with E-state index in [9.17, 15) is 14.4 Å². The molecule has 0 radical (unpaired) electrons. The van der Waals surface area contributed by atoms with Gasteiger partial charge in [0.15, 0.2) is 6.10 Å². The highest BCUT2D eigenvalue weighted by Crippen LogP contribution is 2.21. The van der Waals surface area contributed by atoms with Crippen LogP contribution in [0, 0.1) is 6.92 Å². The molecule has 1 aromatic rings. The largest absolute Gasteiger partial charge is 0.480 e. The van der Waals surface area contributed by atoms with E-state index in [1.165, 1.54) is 26.1 Å². The summed E-state index contributed by atoms with van der Waals surface area (Å²) >= 11 is 0. The minimum Gasteiger partial charge on any atom is -0.480 e. The maximum Gasteiger partial charge on any atom is 0.339 e. The zero-order chi connectivity index (χ0) is 15.3. The number of carboxylic acid groups (broad SMARTS) is 1. The second kappa shape index (κ2) is 6.55. The lowest BCUT2D eigenvalue weighted by Gasteiger charge is -2.16. The summed E-state index contributed by atoms with van der Waals surface area (Å²) in [7, 11) is 1.37. The van der Waals surface area contributed by atoms with Crippen LogP contribution in [-0.2, 0) is 4.79 Å². The van der Waals surface area contributed by atoms with Crippen LogP contribution in [0.3, 0.4) is 0 Å². The number of ether oxygens (including phenoxy) is 1. The van der Waals surface area contributed by atoms with E-state index in [0.29, 0.717) is 0 Å². The number of aromatic carboxylic acids is 1. The first kappa shape index (κ1) is 15.5. The number of nitrogens with one attached hydrogen (secondary N) is 2. The third-order valence-corrected chi connectivity index (χ3v) is 2.50. The SMILES string of the molecule is CNC(=O)NC(=O)C(C)Oc1cc(C)ccc1C(=O)O. The Morgan fingerprint density at radius 2 is 1.95 bits per heavy atom. The molecule has 0 saturated heterocycles. The van der Waals surface area contributed by atoms with Gasteiger partial charge in [-0.2, -0.15) is 0 Å². The lowest BCUT2D eigenvalue weighted by molar-refractivity contribution is -0.126. The van der Waals surface area contributed by atoms with Crippen molar-refractivity contribution < 1.29 is 24.2 Å². The highest BCUT2D eigenvalue weighted by molar-refractivity contribution is 5.96. The fraction of sp³-hybridized carbons (Fsp3) is 0.308. The normalized spacial score (nSPS) is 11.3. The number of hydrogen-bond acceptors (Lipinski definition) is 4. The average Bonchev–Trinajstić information content (AvgIpc) is 2.38. The van der Waals surface area contributed by atoms with E-state index >= 15 is 0 Å². The second-order valence-electron chi connectivity index (χ2n) is 4.13. The van der Waals surface area contributed by atoms with E-state index in [4.69, 9.17) is 9.84 Å². The molecule has 1 aromatic carbocycles. The Kier molecular flexibility index (Phi) is 5.08. The third kappa shape index (κ3) is 3.98. The molecular formula is C13H16N2O5. The van der Waals surface area contributed by atoms with Crippen LogP contribution >= 0.6 is 0 Å². The van der Waals surface area contributed by atoms with Crippen LogP contribution in [0.15, 0.2) is 18.2 Å². The van der Waals surface area contributed by atoms with Gasteiger partial charge in [0.2, 0.25) is 0 Å². The molecule has 0 heterocycles. The van der Waals surface area contributed by atoms with Crippen molar-refractivity contribution in [1.29, 1.82) is 0 Å². The molecule has 7 heteroatoms. The number of urea groups is 1. The van der Waals surface area contributed by atoms with Gasteiger partial charge in [0.1, 0.15) is 11.3 Å². The van der Waals surface area contributed by atoms with Crippen molar-refractivity contribution in [3.63, 3.8) is 0 Å². The Balaban J connectivity index is 2.87. The van der Waals surface area contributed by atoms with E-state index in [1.807, 2.05) is 0 Å². The van der Waals surface area contributed by atoms with Crippen molar-refractivity contribution in [1.82, 2.24) is 10.6 Å². The molecule has 0 aliphatic carbocycles. The quantitative estimate of drug-likeness (QED) is 0.760. The lowest BCUT2D eigenvalue weighted by atomic mass is 10.1. The molecule has 3 N–H and O–H groups in total. The summed E-state index contributed by atoms with van der Waals surface area (Å²) in [4.78, 5) is 33.7. The number of carbonyl (C=O) groups excluding carboxylic acids is 2. The highest BCUT2D eigenvalue weighted by atomic mass is 16.5. The van der Waals surface area contributed by atoms with E-state index in [2.05, 4.69) is 10.6 Å². The number of carboxylic acids is 1. The summed E-state index contributed by atoms with van der Waals surface area (Å²) in [6.45, 7) is 3.19. The Morgan fingerprint density at radius 3 is 2.50 bits per heavy atom. The molecule has 1 unspecified atom stereocenters. The summed E-state index contributed by atoms with van der Waals surface area (Å²) in [6, 6.07) is 3.89. The molecule has 0 bridgehead atoms. The first-order valence-corrected chi connectivity index (χ1v) is 5.88. The predicted octanol–water partition coefficient (Wildman–Crippen LogP) is 0.916. The van der Waals surface area contributed by atoms with Crippen molar-refractivity contribution in [3.05, 3.63) is 29.3 Å². The summed E-state index contributed by atoms with van der Waals surface area (Å²) < 4.78 is 5.32. The maximum absolute atomic E-state index is 11.6. The maximum atomic E-state index is 11.6. The van der Waals surface area contributed by atoms with Crippen LogP contribution < -0.4 is 15.4 Å². The van der Waals surface area contributed by atoms with Gasteiger partial charge in [-0.15, -0.1) is 0 Å². The molecule has 0 aliphatic rings. The number of imide groups is 1. The van der Waals surface area contributed by atoms with Crippen molar-refractivity contribution in [2.75, 3.05) is 7.05 Å². The van der Waals surface area contributed by atoms with Crippen molar-refractivity contribution in [2.24, 2.45) is 0 Å². The minimum atomic E-state index is -1.15. The van der Waals surface area contributed by atoms with Gasteiger partial charge < -0.3 is 15.2 Å². The van der Waals surface area contributed by atoms with Gasteiger partial charge in [0.05, 0.1) is 0 Å². The Hall–Kier alpha value is -2.57. The molecule has 0 spiro atoms. The molecule has 0 aromatic heterocycles. The zero-order valence-electron chi connectivity index (χ0n) is 11.4. The number of aryl methyl sites for hydroxylation is 1. The van der Waals surface area contributed by atoms with Gasteiger partial charge in [-0.05, 0) is 31.5 Å². The first-order valence-electron chi connectivity index (χ1n) is 5.88.